The van der Waals surface area contributed by atoms with E-state index in [1.54, 1.807) is 7.05 Å². The van der Waals surface area contributed by atoms with E-state index in [1.165, 1.54) is 18.0 Å². The van der Waals surface area contributed by atoms with E-state index in [9.17, 15) is 13.2 Å². The minimum atomic E-state index is -3.88. The van der Waals surface area contributed by atoms with E-state index < -0.39 is 22.0 Å². The number of aryl methyl sites for hydroxylation is 1. The fourth-order valence-electron chi connectivity index (χ4n) is 1.46. The van der Waals surface area contributed by atoms with Crippen molar-refractivity contribution in [3.05, 3.63) is 12.4 Å². The number of nitrogens with one attached hydrogen (secondary N) is 1. The molecule has 1 rings (SSSR count). The molecule has 1 unspecified atom stereocenters. The highest BCUT2D eigenvalue weighted by Crippen LogP contribution is 2.09. The van der Waals surface area contributed by atoms with Crippen LogP contribution >= 0.6 is 0 Å². The number of rotatable bonds is 8. The molecule has 0 spiro atoms. The smallest absolute Gasteiger partial charge is 0.321 e. The summed E-state index contributed by atoms with van der Waals surface area (Å²) in [6.07, 6.45) is 3.07. The Kier molecular flexibility index (Phi) is 5.45. The van der Waals surface area contributed by atoms with Crippen molar-refractivity contribution in [2.24, 2.45) is 7.05 Å². The van der Waals surface area contributed by atoms with Crippen molar-refractivity contribution in [2.45, 2.75) is 23.8 Å². The Labute approximate surface area is 111 Å². The summed E-state index contributed by atoms with van der Waals surface area (Å²) in [5.74, 6) is -1.22. The molecule has 0 amide bonds. The summed E-state index contributed by atoms with van der Waals surface area (Å²) >= 11 is 0. The molecule has 9 heteroatoms. The molecular weight excluding hydrogens is 274 g/mol. The van der Waals surface area contributed by atoms with Gasteiger partial charge in [-0.2, -0.15) is 9.82 Å². The Morgan fingerprint density at radius 2 is 2.32 bits per heavy atom. The standard InChI is InChI=1S/C10H17N3O5S/c1-13-7-8(6-11-13)19(16,17)12-9(10(14)15)4-3-5-18-2/h6-7,9,12H,3-5H2,1-2H3,(H,14,15). The normalized spacial score (nSPS) is 13.4. The fraction of sp³-hybridized carbons (Fsp3) is 0.600. The maximum atomic E-state index is 11.9. The number of aromatic nitrogens is 2. The van der Waals surface area contributed by atoms with Crippen LogP contribution in [0.2, 0.25) is 0 Å². The van der Waals surface area contributed by atoms with Crippen LogP contribution in [0.4, 0.5) is 0 Å². The zero-order valence-corrected chi connectivity index (χ0v) is 11.6. The van der Waals surface area contributed by atoms with E-state index in [2.05, 4.69) is 9.82 Å². The average molecular weight is 291 g/mol. The summed E-state index contributed by atoms with van der Waals surface area (Å²) in [5.41, 5.74) is 0. The maximum absolute atomic E-state index is 11.9. The molecule has 1 atom stereocenters. The highest BCUT2D eigenvalue weighted by Gasteiger charge is 2.25. The third-order valence-corrected chi connectivity index (χ3v) is 3.85. The molecule has 0 saturated heterocycles. The van der Waals surface area contributed by atoms with Crippen molar-refractivity contribution in [3.63, 3.8) is 0 Å². The van der Waals surface area contributed by atoms with Crippen molar-refractivity contribution >= 4 is 16.0 Å². The SMILES string of the molecule is COCCCC(NS(=O)(=O)c1cnn(C)c1)C(=O)O. The molecule has 0 fully saturated rings. The molecule has 0 aliphatic rings. The Hall–Kier alpha value is -1.45. The highest BCUT2D eigenvalue weighted by atomic mass is 32.2. The second-order valence-corrected chi connectivity index (χ2v) is 5.71. The van der Waals surface area contributed by atoms with Crippen LogP contribution < -0.4 is 4.72 Å². The van der Waals surface area contributed by atoms with Gasteiger partial charge in [-0.05, 0) is 12.8 Å². The van der Waals surface area contributed by atoms with Crippen molar-refractivity contribution in [1.29, 1.82) is 0 Å². The van der Waals surface area contributed by atoms with Crippen molar-refractivity contribution in [1.82, 2.24) is 14.5 Å². The first-order chi connectivity index (χ1) is 8.86. The Balaban J connectivity index is 2.75. The number of aliphatic carboxylic acids is 1. The molecule has 0 saturated carbocycles. The zero-order chi connectivity index (χ0) is 14.5. The summed E-state index contributed by atoms with van der Waals surface area (Å²) < 4.78 is 32.1. The van der Waals surface area contributed by atoms with Crippen LogP contribution in [0.25, 0.3) is 0 Å². The average Bonchev–Trinajstić information content (AvgIpc) is 2.75. The molecular formula is C10H17N3O5S. The second kappa shape index (κ2) is 6.64. The molecule has 0 bridgehead atoms. The van der Waals surface area contributed by atoms with Gasteiger partial charge in [-0.25, -0.2) is 8.42 Å². The van der Waals surface area contributed by atoms with E-state index in [1.807, 2.05) is 0 Å². The van der Waals surface area contributed by atoms with E-state index in [0.29, 0.717) is 13.0 Å². The third kappa shape index (κ3) is 4.62. The van der Waals surface area contributed by atoms with Gasteiger partial charge >= 0.3 is 5.97 Å². The van der Waals surface area contributed by atoms with Gasteiger partial charge in [0.2, 0.25) is 10.0 Å². The number of carboxylic acid groups (broad SMARTS) is 1. The number of carboxylic acids is 1. The van der Waals surface area contributed by atoms with Crippen LogP contribution in [-0.2, 0) is 26.6 Å². The van der Waals surface area contributed by atoms with Crippen LogP contribution in [0, 0.1) is 0 Å². The highest BCUT2D eigenvalue weighted by molar-refractivity contribution is 7.89. The second-order valence-electron chi connectivity index (χ2n) is 4.00. The number of carbonyl (C=O) groups is 1. The van der Waals surface area contributed by atoms with Crippen LogP contribution in [0.1, 0.15) is 12.8 Å². The minimum Gasteiger partial charge on any atom is -0.480 e. The molecule has 108 valence electrons. The van der Waals surface area contributed by atoms with Crippen LogP contribution in [-0.4, -0.2) is 49.0 Å². The van der Waals surface area contributed by atoms with Crippen molar-refractivity contribution in [2.75, 3.05) is 13.7 Å². The lowest BCUT2D eigenvalue weighted by Crippen LogP contribution is -2.40. The molecule has 2 N–H and O–H groups in total. The van der Waals surface area contributed by atoms with Crippen LogP contribution in [0.5, 0.6) is 0 Å². The first-order valence-electron chi connectivity index (χ1n) is 5.59. The summed E-state index contributed by atoms with van der Waals surface area (Å²) in [5, 5.41) is 12.7. The van der Waals surface area contributed by atoms with Gasteiger partial charge < -0.3 is 9.84 Å². The van der Waals surface area contributed by atoms with Crippen molar-refractivity contribution in [3.8, 4) is 0 Å². The number of hydrogen-bond donors (Lipinski definition) is 2. The van der Waals surface area contributed by atoms with Crippen LogP contribution in [0.15, 0.2) is 17.3 Å². The first-order valence-corrected chi connectivity index (χ1v) is 7.08. The van der Waals surface area contributed by atoms with E-state index in [4.69, 9.17) is 9.84 Å². The van der Waals surface area contributed by atoms with Crippen molar-refractivity contribution < 1.29 is 23.1 Å². The van der Waals surface area contributed by atoms with Gasteiger partial charge in [0.25, 0.3) is 0 Å². The first kappa shape index (κ1) is 15.6. The number of hydrogen-bond acceptors (Lipinski definition) is 5. The van der Waals surface area contributed by atoms with E-state index in [-0.39, 0.29) is 11.3 Å². The quantitative estimate of drug-likeness (QED) is 0.629. The molecule has 0 radical (unpaired) electrons. The van der Waals surface area contributed by atoms with Crippen LogP contribution in [0.3, 0.4) is 0 Å². The lowest BCUT2D eigenvalue weighted by atomic mass is 10.2. The minimum absolute atomic E-state index is 0.0620. The summed E-state index contributed by atoms with van der Waals surface area (Å²) in [7, 11) is -0.805. The van der Waals surface area contributed by atoms with Gasteiger partial charge in [0, 0.05) is 27.0 Å². The predicted octanol–water partition coefficient (Wildman–Crippen LogP) is -0.422. The van der Waals surface area contributed by atoms with Gasteiger partial charge in [-0.1, -0.05) is 0 Å². The summed E-state index contributed by atoms with van der Waals surface area (Å²) in [6.45, 7) is 0.373. The van der Waals surface area contributed by atoms with Gasteiger partial charge in [0.05, 0.1) is 6.20 Å². The Morgan fingerprint density at radius 3 is 2.79 bits per heavy atom. The predicted molar refractivity (Wildman–Crippen MR) is 66.1 cm³/mol. The number of sulfonamides is 1. The summed E-state index contributed by atoms with van der Waals surface area (Å²) in [6, 6.07) is -1.18. The molecule has 1 heterocycles. The molecule has 0 aromatic carbocycles. The molecule has 1 aromatic heterocycles. The Morgan fingerprint density at radius 1 is 1.63 bits per heavy atom. The molecule has 0 aliphatic heterocycles. The zero-order valence-electron chi connectivity index (χ0n) is 10.7. The lowest BCUT2D eigenvalue weighted by Gasteiger charge is -2.13. The molecule has 1 aromatic rings. The number of ether oxygens (including phenoxy) is 1. The van der Waals surface area contributed by atoms with E-state index >= 15 is 0 Å². The van der Waals surface area contributed by atoms with Gasteiger partial charge in [0.1, 0.15) is 10.9 Å². The third-order valence-electron chi connectivity index (χ3n) is 2.43. The van der Waals surface area contributed by atoms with Gasteiger partial charge in [-0.3, -0.25) is 9.48 Å². The summed E-state index contributed by atoms with van der Waals surface area (Å²) in [4.78, 5) is 11.0. The lowest BCUT2D eigenvalue weighted by molar-refractivity contribution is -0.139. The molecule has 0 aliphatic carbocycles. The number of methoxy groups -OCH3 is 1. The largest absolute Gasteiger partial charge is 0.480 e. The van der Waals surface area contributed by atoms with Gasteiger partial charge in [-0.15, -0.1) is 0 Å². The Bertz CT molecular complexity index is 525. The number of nitrogens with zero attached hydrogens (tertiary/aromatic N) is 2. The molecule has 19 heavy (non-hydrogen) atoms. The maximum Gasteiger partial charge on any atom is 0.321 e. The van der Waals surface area contributed by atoms with Gasteiger partial charge in [0.15, 0.2) is 0 Å². The monoisotopic (exact) mass is 291 g/mol. The molecule has 8 nitrogen and oxygen atoms in total. The van der Waals surface area contributed by atoms with E-state index in [0.717, 1.165) is 6.20 Å². The topological polar surface area (TPSA) is 111 Å². The fourth-order valence-corrected chi connectivity index (χ4v) is 2.66.